The van der Waals surface area contributed by atoms with Gasteiger partial charge in [-0.05, 0) is 24.6 Å². The molecule has 0 unspecified atom stereocenters. The van der Waals surface area contributed by atoms with Crippen molar-refractivity contribution in [3.05, 3.63) is 76.5 Å². The molecule has 0 aliphatic carbocycles. The molecule has 1 atom stereocenters. The van der Waals surface area contributed by atoms with E-state index >= 15 is 0 Å². The fourth-order valence-electron chi connectivity index (χ4n) is 2.49. The summed E-state index contributed by atoms with van der Waals surface area (Å²) in [6, 6.07) is 13.4. The highest BCUT2D eigenvalue weighted by molar-refractivity contribution is 7.17. The summed E-state index contributed by atoms with van der Waals surface area (Å²) in [7, 11) is 0. The summed E-state index contributed by atoms with van der Waals surface area (Å²) >= 11 is 1.03. The number of rotatable bonds is 5. The van der Waals surface area contributed by atoms with Crippen molar-refractivity contribution in [3.63, 3.8) is 0 Å². The number of carboxylic acid groups (broad SMARTS) is 1. The predicted octanol–water partition coefficient (Wildman–Crippen LogP) is 3.81. The maximum atomic E-state index is 13.9. The Bertz CT molecular complexity index is 956. The van der Waals surface area contributed by atoms with Crippen LogP contribution < -0.4 is 5.32 Å². The van der Waals surface area contributed by atoms with Gasteiger partial charge in [0.15, 0.2) is 6.04 Å². The quantitative estimate of drug-likeness (QED) is 0.716. The Morgan fingerprint density at radius 2 is 1.77 bits per heavy atom. The van der Waals surface area contributed by atoms with Crippen LogP contribution in [0.1, 0.15) is 27.0 Å². The summed E-state index contributed by atoms with van der Waals surface area (Å²) < 4.78 is 13.9. The van der Waals surface area contributed by atoms with E-state index in [1.807, 2.05) is 0 Å². The van der Waals surface area contributed by atoms with E-state index in [2.05, 4.69) is 10.3 Å². The van der Waals surface area contributed by atoms with Gasteiger partial charge in [-0.1, -0.05) is 42.5 Å². The first-order valence-electron chi connectivity index (χ1n) is 7.78. The molecular weight excluding hydrogens is 355 g/mol. The maximum Gasteiger partial charge on any atom is 0.330 e. The third kappa shape index (κ3) is 3.62. The van der Waals surface area contributed by atoms with Crippen LogP contribution in [-0.2, 0) is 4.79 Å². The lowest BCUT2D eigenvalue weighted by molar-refractivity contribution is -0.139. The number of aliphatic carboxylic acids is 1. The molecule has 5 nitrogen and oxygen atoms in total. The van der Waals surface area contributed by atoms with Gasteiger partial charge in [-0.3, -0.25) is 4.79 Å². The van der Waals surface area contributed by atoms with Gasteiger partial charge in [-0.2, -0.15) is 0 Å². The van der Waals surface area contributed by atoms with Crippen molar-refractivity contribution in [2.24, 2.45) is 0 Å². The van der Waals surface area contributed by atoms with Gasteiger partial charge in [-0.15, -0.1) is 11.3 Å². The van der Waals surface area contributed by atoms with Crippen molar-refractivity contribution >= 4 is 23.2 Å². The number of halogens is 1. The molecule has 3 rings (SSSR count). The van der Waals surface area contributed by atoms with Crippen LogP contribution in [0.2, 0.25) is 0 Å². The van der Waals surface area contributed by atoms with Crippen molar-refractivity contribution in [2.75, 3.05) is 0 Å². The van der Waals surface area contributed by atoms with Crippen LogP contribution in [0.5, 0.6) is 0 Å². The van der Waals surface area contributed by atoms with Gasteiger partial charge in [0.1, 0.15) is 15.7 Å². The minimum absolute atomic E-state index is 0.255. The SMILES string of the molecule is Cc1nc(-c2ccccc2F)sc1C(=O)N[C@H](C(=O)O)c1ccccc1. The van der Waals surface area contributed by atoms with Crippen LogP contribution in [0.15, 0.2) is 54.6 Å². The van der Waals surface area contributed by atoms with E-state index < -0.39 is 23.7 Å². The van der Waals surface area contributed by atoms with Gasteiger partial charge >= 0.3 is 5.97 Å². The number of aryl methyl sites for hydroxylation is 1. The molecule has 1 heterocycles. The number of hydrogen-bond acceptors (Lipinski definition) is 4. The van der Waals surface area contributed by atoms with Crippen molar-refractivity contribution in [2.45, 2.75) is 13.0 Å². The van der Waals surface area contributed by atoms with E-state index in [1.54, 1.807) is 55.5 Å². The Kier molecular flexibility index (Phi) is 5.09. The number of nitrogens with one attached hydrogen (secondary N) is 1. The summed E-state index contributed by atoms with van der Waals surface area (Å²) in [6.07, 6.45) is 0. The fraction of sp³-hybridized carbons (Fsp3) is 0.105. The molecule has 0 spiro atoms. The van der Waals surface area contributed by atoms with Gasteiger partial charge < -0.3 is 10.4 Å². The molecular formula is C19H15FN2O3S. The van der Waals surface area contributed by atoms with Gasteiger partial charge in [0.05, 0.1) is 5.69 Å². The van der Waals surface area contributed by atoms with E-state index in [0.29, 0.717) is 21.8 Å². The largest absolute Gasteiger partial charge is 0.479 e. The van der Waals surface area contributed by atoms with Crippen LogP contribution in [0.4, 0.5) is 4.39 Å². The van der Waals surface area contributed by atoms with E-state index in [0.717, 1.165) is 11.3 Å². The second-order valence-corrected chi connectivity index (χ2v) is 6.57. The Morgan fingerprint density at radius 1 is 1.12 bits per heavy atom. The minimum atomic E-state index is -1.18. The topological polar surface area (TPSA) is 79.3 Å². The molecule has 132 valence electrons. The highest BCUT2D eigenvalue weighted by Gasteiger charge is 2.25. The third-order valence-electron chi connectivity index (χ3n) is 3.76. The standard InChI is InChI=1S/C19H15FN2O3S/c1-11-16(26-18(21-11)13-9-5-6-10-14(13)20)17(23)22-15(19(24)25)12-7-3-2-4-8-12/h2-10,15H,1H3,(H,22,23)(H,24,25)/t15-/m0/s1. The molecule has 0 radical (unpaired) electrons. The molecule has 0 saturated heterocycles. The number of amides is 1. The molecule has 1 aromatic heterocycles. The summed E-state index contributed by atoms with van der Waals surface area (Å²) in [6.45, 7) is 1.63. The predicted molar refractivity (Wildman–Crippen MR) is 96.5 cm³/mol. The average molecular weight is 370 g/mol. The zero-order valence-corrected chi connectivity index (χ0v) is 14.6. The van der Waals surface area contributed by atoms with Gasteiger partial charge in [0.2, 0.25) is 0 Å². The Hall–Kier alpha value is -3.06. The number of aromatic nitrogens is 1. The normalized spacial score (nSPS) is 11.8. The average Bonchev–Trinajstić information content (AvgIpc) is 3.02. The Labute approximate surface area is 153 Å². The fourth-order valence-corrected chi connectivity index (χ4v) is 3.48. The summed E-state index contributed by atoms with van der Waals surface area (Å²) in [4.78, 5) is 28.6. The highest BCUT2D eigenvalue weighted by atomic mass is 32.1. The molecule has 2 aromatic carbocycles. The monoisotopic (exact) mass is 370 g/mol. The van der Waals surface area contributed by atoms with Crippen LogP contribution >= 0.6 is 11.3 Å². The molecule has 3 aromatic rings. The van der Waals surface area contributed by atoms with Crippen LogP contribution in [-0.4, -0.2) is 22.0 Å². The summed E-state index contributed by atoms with van der Waals surface area (Å²) in [5.74, 6) is -2.15. The first-order chi connectivity index (χ1) is 12.5. The number of nitrogens with zero attached hydrogens (tertiary/aromatic N) is 1. The van der Waals surface area contributed by atoms with Crippen molar-refractivity contribution in [3.8, 4) is 10.6 Å². The van der Waals surface area contributed by atoms with Gasteiger partial charge in [0.25, 0.3) is 5.91 Å². The second-order valence-electron chi connectivity index (χ2n) is 5.57. The molecule has 0 aliphatic rings. The molecule has 7 heteroatoms. The number of thiazole rings is 1. The van der Waals surface area contributed by atoms with Crippen LogP contribution in [0.3, 0.4) is 0 Å². The minimum Gasteiger partial charge on any atom is -0.479 e. The lowest BCUT2D eigenvalue weighted by Crippen LogP contribution is -2.33. The van der Waals surface area contributed by atoms with Crippen LogP contribution in [0, 0.1) is 12.7 Å². The van der Waals surface area contributed by atoms with E-state index in [9.17, 15) is 19.1 Å². The molecule has 0 aliphatic heterocycles. The highest BCUT2D eigenvalue weighted by Crippen LogP contribution is 2.30. The second kappa shape index (κ2) is 7.45. The molecule has 0 saturated carbocycles. The number of hydrogen-bond donors (Lipinski definition) is 2. The number of carboxylic acids is 1. The lowest BCUT2D eigenvalue weighted by Gasteiger charge is -2.14. The van der Waals surface area contributed by atoms with Crippen molar-refractivity contribution < 1.29 is 19.1 Å². The number of carbonyl (C=O) groups excluding carboxylic acids is 1. The van der Waals surface area contributed by atoms with Crippen molar-refractivity contribution in [1.82, 2.24) is 10.3 Å². The first kappa shape index (κ1) is 17.8. The van der Waals surface area contributed by atoms with Gasteiger partial charge in [0, 0.05) is 5.56 Å². The number of carbonyl (C=O) groups is 2. The van der Waals surface area contributed by atoms with Gasteiger partial charge in [-0.25, -0.2) is 14.2 Å². The Balaban J connectivity index is 1.88. The summed E-state index contributed by atoms with van der Waals surface area (Å²) in [5.41, 5.74) is 1.19. The third-order valence-corrected chi connectivity index (χ3v) is 4.95. The smallest absolute Gasteiger partial charge is 0.330 e. The first-order valence-corrected chi connectivity index (χ1v) is 8.60. The van der Waals surface area contributed by atoms with Crippen LogP contribution in [0.25, 0.3) is 10.6 Å². The van der Waals surface area contributed by atoms with E-state index in [4.69, 9.17) is 0 Å². The molecule has 0 fully saturated rings. The molecule has 1 amide bonds. The molecule has 2 N–H and O–H groups in total. The van der Waals surface area contributed by atoms with E-state index in [1.165, 1.54) is 6.07 Å². The van der Waals surface area contributed by atoms with Crippen molar-refractivity contribution in [1.29, 1.82) is 0 Å². The number of benzene rings is 2. The molecule has 26 heavy (non-hydrogen) atoms. The van der Waals surface area contributed by atoms with E-state index in [-0.39, 0.29) is 4.88 Å². The zero-order chi connectivity index (χ0) is 18.7. The maximum absolute atomic E-state index is 13.9. The molecule has 0 bridgehead atoms. The Morgan fingerprint density at radius 3 is 2.42 bits per heavy atom. The summed E-state index contributed by atoms with van der Waals surface area (Å²) in [5, 5.41) is 12.3. The zero-order valence-electron chi connectivity index (χ0n) is 13.8. The lowest BCUT2D eigenvalue weighted by atomic mass is 10.1.